The van der Waals surface area contributed by atoms with Gasteiger partial charge in [0.05, 0.1) is 17.4 Å². The van der Waals surface area contributed by atoms with Crippen LogP contribution >= 0.6 is 7.66 Å². The molecule has 0 radical (unpaired) electrons. The van der Waals surface area contributed by atoms with E-state index in [1.165, 1.54) is 43.8 Å². The van der Waals surface area contributed by atoms with Crippen molar-refractivity contribution in [3.63, 3.8) is 0 Å². The van der Waals surface area contributed by atoms with Gasteiger partial charge in [-0.2, -0.15) is 5.09 Å². The van der Waals surface area contributed by atoms with Crippen molar-refractivity contribution in [3.05, 3.63) is 175 Å². The third kappa shape index (κ3) is 4.73. The quantitative estimate of drug-likeness (QED) is 0.149. The Bertz CT molecular complexity index is 2540. The predicted octanol–water partition coefficient (Wildman–Crippen LogP) is 9.52. The van der Waals surface area contributed by atoms with E-state index in [9.17, 15) is 0 Å². The molecule has 0 saturated heterocycles. The van der Waals surface area contributed by atoms with Gasteiger partial charge < -0.3 is 4.42 Å². The molecule has 0 fully saturated rings. The molecule has 0 bridgehead atoms. The topological polar surface area (TPSA) is 53.4 Å². The Labute approximate surface area is 271 Å². The minimum atomic E-state index is -1.32. The number of anilines is 1. The van der Waals surface area contributed by atoms with Crippen molar-refractivity contribution in [2.75, 3.05) is 5.09 Å². The number of rotatable bonds is 6. The van der Waals surface area contributed by atoms with Gasteiger partial charge in [-0.05, 0) is 73.1 Å². The van der Waals surface area contributed by atoms with Crippen molar-refractivity contribution >= 4 is 35.1 Å². The van der Waals surface area contributed by atoms with E-state index in [1.807, 2.05) is 12.1 Å². The molecule has 0 amide bonds. The molecule has 1 aliphatic rings. The summed E-state index contributed by atoms with van der Waals surface area (Å²) in [6.45, 7) is 0. The molecule has 4 nitrogen and oxygen atoms in total. The van der Waals surface area contributed by atoms with Gasteiger partial charge >= 0.3 is 18.4 Å². The zero-order valence-corrected chi connectivity index (χ0v) is 26.2. The zero-order chi connectivity index (χ0) is 31.2. The van der Waals surface area contributed by atoms with E-state index < -0.39 is 7.66 Å². The number of hydrogen-bond acceptors (Lipinski definition) is 2. The molecule has 1 aliphatic heterocycles. The van der Waals surface area contributed by atoms with Crippen LogP contribution in [0.25, 0.3) is 66.1 Å². The van der Waals surface area contributed by atoms with Gasteiger partial charge in [0.2, 0.25) is 5.88 Å². The third-order valence-corrected chi connectivity index (χ3v) is 10.0. The highest BCUT2D eigenvalue weighted by Gasteiger charge is 2.31. The lowest BCUT2D eigenvalue weighted by atomic mass is 9.88. The summed E-state index contributed by atoms with van der Waals surface area (Å²) in [5.41, 5.74) is 9.18. The van der Waals surface area contributed by atoms with Gasteiger partial charge in [-0.25, -0.2) is 0 Å². The predicted molar refractivity (Wildman–Crippen MR) is 194 cm³/mol. The number of fused-ring (bicyclic) bond motifs is 3. The molecule has 9 rings (SSSR count). The SMILES string of the molecule is c1ccc(-c2cccc3cccc(-c4ccc(-c5cccc6cccc(-c7ccccc7)c56)c5c4=[N+]=P(Nc4ccco4)=[N+]=5)c23)cc1. The number of nitrogens with one attached hydrogen (secondary N) is 1. The Kier molecular flexibility index (Phi) is 6.56. The molecule has 0 unspecified atom stereocenters. The second-order valence-electron chi connectivity index (χ2n) is 11.6. The second kappa shape index (κ2) is 11.3. The smallest absolute Gasteiger partial charge is 0.448 e. The third-order valence-electron chi connectivity index (χ3n) is 8.83. The molecule has 1 aromatic heterocycles. The Balaban J connectivity index is 1.35. The minimum Gasteiger partial charge on any atom is -0.448 e. The number of benzene rings is 7. The fourth-order valence-electron chi connectivity index (χ4n) is 6.77. The van der Waals surface area contributed by atoms with Crippen LogP contribution in [0, 0.1) is 0 Å². The fourth-order valence-corrected chi connectivity index (χ4v) is 8.02. The van der Waals surface area contributed by atoms with Crippen LogP contribution in [0.4, 0.5) is 5.88 Å². The highest BCUT2D eigenvalue weighted by molar-refractivity contribution is 7.37. The Morgan fingerprint density at radius 3 is 1.32 bits per heavy atom. The van der Waals surface area contributed by atoms with Gasteiger partial charge in [-0.15, -0.1) is 0 Å². The molecule has 7 aromatic carbocycles. The van der Waals surface area contributed by atoms with Gasteiger partial charge in [0, 0.05) is 14.9 Å². The standard InChI is InChI=1S/C42H27N3OP/c1-3-12-28(13-4-1)32-20-7-16-30-18-9-22-34(39(30)32)36-25-26-37(42-41(36)44-47(45-42)43-38-24-11-27-46-38)35-23-10-19-31-17-8-21-33(40(31)35)29-14-5-2-6-15-29/h1-27H/q+1/p+1. The zero-order valence-electron chi connectivity index (χ0n) is 25.3. The number of hydrogen-bond donors (Lipinski definition) is 1. The first-order chi connectivity index (χ1) is 23.3. The van der Waals surface area contributed by atoms with Crippen LogP contribution < -0.4 is 24.6 Å². The minimum absolute atomic E-state index is 0.660. The summed E-state index contributed by atoms with van der Waals surface area (Å²) in [5, 5.41) is 10.0. The van der Waals surface area contributed by atoms with E-state index in [0.717, 1.165) is 33.0 Å². The molecule has 0 saturated carbocycles. The molecular formula is C42H28N3OP+2. The van der Waals surface area contributed by atoms with E-state index in [4.69, 9.17) is 13.3 Å². The second-order valence-corrected chi connectivity index (χ2v) is 12.8. The van der Waals surface area contributed by atoms with Crippen LogP contribution in [0.15, 0.2) is 168 Å². The summed E-state index contributed by atoms with van der Waals surface area (Å²) in [4.78, 5) is 0. The molecular weight excluding hydrogens is 593 g/mol. The van der Waals surface area contributed by atoms with Gasteiger partial charge in [0.15, 0.2) is 0 Å². The molecule has 8 aromatic rings. The van der Waals surface area contributed by atoms with Crippen LogP contribution in [0.3, 0.4) is 0 Å². The highest BCUT2D eigenvalue weighted by Crippen LogP contribution is 2.38. The molecule has 220 valence electrons. The van der Waals surface area contributed by atoms with Gasteiger partial charge in [0.25, 0.3) is 0 Å². The lowest BCUT2D eigenvalue weighted by Crippen LogP contribution is -2.31. The Morgan fingerprint density at radius 2 is 0.872 bits per heavy atom. The van der Waals surface area contributed by atoms with Crippen molar-refractivity contribution in [3.8, 4) is 44.5 Å². The first-order valence-corrected chi connectivity index (χ1v) is 16.9. The Hall–Kier alpha value is -6.14. The summed E-state index contributed by atoms with van der Waals surface area (Å²) >= 11 is 0. The van der Waals surface area contributed by atoms with E-state index in [1.54, 1.807) is 6.26 Å². The van der Waals surface area contributed by atoms with Crippen LogP contribution in [0.1, 0.15) is 0 Å². The van der Waals surface area contributed by atoms with Crippen molar-refractivity contribution in [2.24, 2.45) is 0 Å². The van der Waals surface area contributed by atoms with Gasteiger partial charge in [-0.3, -0.25) is 0 Å². The molecule has 5 heteroatoms. The lowest BCUT2D eigenvalue weighted by Gasteiger charge is -2.12. The summed E-state index contributed by atoms with van der Waals surface area (Å²) in [6, 6.07) is 55.6. The van der Waals surface area contributed by atoms with E-state index >= 15 is 0 Å². The summed E-state index contributed by atoms with van der Waals surface area (Å²) in [6.07, 6.45) is 1.67. The average Bonchev–Trinajstić information content (AvgIpc) is 3.81. The maximum absolute atomic E-state index is 5.65. The summed E-state index contributed by atoms with van der Waals surface area (Å²) in [7, 11) is -1.32. The van der Waals surface area contributed by atoms with E-state index in [-0.39, 0.29) is 0 Å². The van der Waals surface area contributed by atoms with Crippen molar-refractivity contribution in [2.45, 2.75) is 0 Å². The monoisotopic (exact) mass is 621 g/mol. The lowest BCUT2D eigenvalue weighted by molar-refractivity contribution is 0.587. The van der Waals surface area contributed by atoms with E-state index in [0.29, 0.717) is 5.88 Å². The first-order valence-electron chi connectivity index (χ1n) is 15.7. The normalized spacial score (nSPS) is 11.8. The van der Waals surface area contributed by atoms with Gasteiger partial charge in [-0.1, -0.05) is 133 Å². The van der Waals surface area contributed by atoms with Crippen molar-refractivity contribution in [1.29, 1.82) is 0 Å². The molecule has 0 spiro atoms. The van der Waals surface area contributed by atoms with Crippen LogP contribution in [0.5, 0.6) is 0 Å². The maximum atomic E-state index is 5.65. The fraction of sp³-hybridized carbons (Fsp3) is 0. The average molecular weight is 622 g/mol. The molecule has 2 heterocycles. The van der Waals surface area contributed by atoms with Crippen LogP contribution in [-0.4, -0.2) is 0 Å². The molecule has 47 heavy (non-hydrogen) atoms. The Morgan fingerprint density at radius 1 is 0.404 bits per heavy atom. The van der Waals surface area contributed by atoms with Gasteiger partial charge in [0.1, 0.15) is 0 Å². The number of furan rings is 1. The highest BCUT2D eigenvalue weighted by atomic mass is 31.1. The summed E-state index contributed by atoms with van der Waals surface area (Å²) in [5.74, 6) is 0.660. The summed E-state index contributed by atoms with van der Waals surface area (Å²) < 4.78 is 16.2. The maximum Gasteiger partial charge on any atom is 0.777 e. The molecule has 0 aliphatic carbocycles. The van der Waals surface area contributed by atoms with Crippen molar-refractivity contribution in [1.82, 2.24) is 8.84 Å². The number of nitrogens with zero attached hydrogens (tertiary/aromatic N) is 2. The van der Waals surface area contributed by atoms with Crippen LogP contribution in [0.2, 0.25) is 0 Å². The molecule has 1 N–H and O–H groups in total. The van der Waals surface area contributed by atoms with E-state index in [2.05, 4.69) is 151 Å². The molecule has 0 atom stereocenters. The largest absolute Gasteiger partial charge is 0.777 e. The van der Waals surface area contributed by atoms with Crippen LogP contribution in [-0.2, 0) is 0 Å². The van der Waals surface area contributed by atoms with Crippen molar-refractivity contribution < 1.29 is 4.42 Å². The first kappa shape index (κ1) is 27.2.